The van der Waals surface area contributed by atoms with Crippen LogP contribution < -0.4 is 10.1 Å². The van der Waals surface area contributed by atoms with E-state index in [0.717, 1.165) is 25.7 Å². The first-order chi connectivity index (χ1) is 13.0. The highest BCUT2D eigenvalue weighted by atomic mass is 32.2. The molecule has 0 aromatic heterocycles. The molecule has 2 fully saturated rings. The molecule has 0 radical (unpaired) electrons. The fourth-order valence-corrected chi connectivity index (χ4v) is 5.17. The van der Waals surface area contributed by atoms with Gasteiger partial charge < -0.3 is 15.0 Å². The van der Waals surface area contributed by atoms with E-state index in [-0.39, 0.29) is 6.03 Å². The van der Waals surface area contributed by atoms with Gasteiger partial charge in [-0.15, -0.1) is 0 Å². The van der Waals surface area contributed by atoms with Crippen molar-refractivity contribution in [1.82, 2.24) is 13.5 Å². The van der Waals surface area contributed by atoms with Crippen LogP contribution in [0.1, 0.15) is 25.7 Å². The summed E-state index contributed by atoms with van der Waals surface area (Å²) in [6.45, 7) is 2.56. The normalized spacial score (nSPS) is 20.1. The summed E-state index contributed by atoms with van der Waals surface area (Å²) >= 11 is 0. The van der Waals surface area contributed by atoms with E-state index in [2.05, 4.69) is 5.32 Å². The quantitative estimate of drug-likeness (QED) is 0.844. The maximum absolute atomic E-state index is 12.9. The zero-order valence-electron chi connectivity index (χ0n) is 15.8. The molecular weight excluding hydrogens is 368 g/mol. The Morgan fingerprint density at radius 2 is 1.52 bits per heavy atom. The number of benzene rings is 1. The smallest absolute Gasteiger partial charge is 0.322 e. The first-order valence-electron chi connectivity index (χ1n) is 9.46. The number of urea groups is 1. The van der Waals surface area contributed by atoms with Crippen LogP contribution in [0.15, 0.2) is 24.3 Å². The number of piperazine rings is 1. The standard InChI is InChI=1S/C18H28N4O4S/c1-26-17-9-5-4-8-16(17)19-18(23)20-12-14-22(15-13-20)27(24,25)21-10-6-2-3-7-11-21/h4-5,8-9H,2-3,6-7,10-15H2,1H3,(H,19,23). The Kier molecular flexibility index (Phi) is 6.56. The molecule has 1 aromatic rings. The number of carbonyl (C=O) groups excluding carboxylic acids is 1. The Morgan fingerprint density at radius 1 is 0.926 bits per heavy atom. The number of carbonyl (C=O) groups is 1. The van der Waals surface area contributed by atoms with Gasteiger partial charge in [-0.05, 0) is 25.0 Å². The highest BCUT2D eigenvalue weighted by Gasteiger charge is 2.33. The summed E-state index contributed by atoms with van der Waals surface area (Å²) in [4.78, 5) is 14.2. The predicted octanol–water partition coefficient (Wildman–Crippen LogP) is 1.97. The van der Waals surface area contributed by atoms with Crippen LogP contribution in [0, 0.1) is 0 Å². The summed E-state index contributed by atoms with van der Waals surface area (Å²) < 4.78 is 34.1. The second kappa shape index (κ2) is 8.90. The van der Waals surface area contributed by atoms with Crippen molar-refractivity contribution >= 4 is 21.9 Å². The van der Waals surface area contributed by atoms with Gasteiger partial charge in [-0.25, -0.2) is 4.79 Å². The Bertz CT molecular complexity index is 739. The summed E-state index contributed by atoms with van der Waals surface area (Å²) in [6.07, 6.45) is 4.01. The Hall–Kier alpha value is -1.84. The average molecular weight is 397 g/mol. The summed E-state index contributed by atoms with van der Waals surface area (Å²) in [5, 5.41) is 2.84. The van der Waals surface area contributed by atoms with E-state index in [4.69, 9.17) is 4.74 Å². The first-order valence-corrected chi connectivity index (χ1v) is 10.9. The highest BCUT2D eigenvalue weighted by Crippen LogP contribution is 2.24. The van der Waals surface area contributed by atoms with Crippen molar-refractivity contribution in [2.24, 2.45) is 0 Å². The Balaban J connectivity index is 1.57. The first kappa shape index (κ1) is 19.9. The molecule has 0 spiro atoms. The van der Waals surface area contributed by atoms with Crippen molar-refractivity contribution in [3.8, 4) is 5.75 Å². The van der Waals surface area contributed by atoms with Crippen molar-refractivity contribution in [1.29, 1.82) is 0 Å². The maximum Gasteiger partial charge on any atom is 0.322 e. The van der Waals surface area contributed by atoms with Crippen molar-refractivity contribution in [2.45, 2.75) is 25.7 Å². The molecule has 2 aliphatic heterocycles. The molecule has 0 bridgehead atoms. The van der Waals surface area contributed by atoms with Gasteiger partial charge in [0.25, 0.3) is 10.2 Å². The summed E-state index contributed by atoms with van der Waals surface area (Å²) in [6, 6.07) is 6.97. The molecule has 27 heavy (non-hydrogen) atoms. The average Bonchev–Trinajstić information content (AvgIpc) is 2.98. The van der Waals surface area contributed by atoms with Crippen LogP contribution in [0.5, 0.6) is 5.75 Å². The molecule has 2 aliphatic rings. The predicted molar refractivity (Wildman–Crippen MR) is 104 cm³/mol. The van der Waals surface area contributed by atoms with Crippen LogP contribution in [0.4, 0.5) is 10.5 Å². The lowest BCUT2D eigenvalue weighted by molar-refractivity contribution is 0.180. The van der Waals surface area contributed by atoms with E-state index >= 15 is 0 Å². The molecule has 3 rings (SSSR count). The van der Waals surface area contributed by atoms with Gasteiger partial charge in [0.15, 0.2) is 0 Å². The lowest BCUT2D eigenvalue weighted by Gasteiger charge is -2.36. The second-order valence-corrected chi connectivity index (χ2v) is 8.77. The molecular formula is C18H28N4O4S. The molecule has 0 unspecified atom stereocenters. The lowest BCUT2D eigenvalue weighted by Crippen LogP contribution is -2.55. The van der Waals surface area contributed by atoms with Crippen LogP contribution in [0.2, 0.25) is 0 Å². The minimum absolute atomic E-state index is 0.244. The Morgan fingerprint density at radius 3 is 2.15 bits per heavy atom. The van der Waals surface area contributed by atoms with Gasteiger partial charge in [-0.1, -0.05) is 25.0 Å². The number of nitrogens with zero attached hydrogens (tertiary/aromatic N) is 3. The highest BCUT2D eigenvalue weighted by molar-refractivity contribution is 7.86. The van der Waals surface area contributed by atoms with Gasteiger partial charge in [-0.2, -0.15) is 17.0 Å². The zero-order chi connectivity index (χ0) is 19.3. The number of amides is 2. The van der Waals surface area contributed by atoms with Gasteiger partial charge in [0, 0.05) is 39.3 Å². The van der Waals surface area contributed by atoms with Crippen LogP contribution in [-0.2, 0) is 10.2 Å². The van der Waals surface area contributed by atoms with Gasteiger partial charge in [0.1, 0.15) is 5.75 Å². The van der Waals surface area contributed by atoms with Crippen molar-refractivity contribution in [2.75, 3.05) is 51.7 Å². The SMILES string of the molecule is COc1ccccc1NC(=O)N1CCN(S(=O)(=O)N2CCCCCC2)CC1. The molecule has 0 aliphatic carbocycles. The van der Waals surface area contributed by atoms with Crippen LogP contribution >= 0.6 is 0 Å². The fraction of sp³-hybridized carbons (Fsp3) is 0.611. The van der Waals surface area contributed by atoms with Crippen LogP contribution in [0.25, 0.3) is 0 Å². The molecule has 1 N–H and O–H groups in total. The molecule has 0 saturated carbocycles. The summed E-state index contributed by atoms with van der Waals surface area (Å²) in [7, 11) is -1.89. The van der Waals surface area contributed by atoms with E-state index in [9.17, 15) is 13.2 Å². The second-order valence-electron chi connectivity index (χ2n) is 6.84. The maximum atomic E-state index is 12.9. The van der Waals surface area contributed by atoms with Gasteiger partial charge in [-0.3, -0.25) is 0 Å². The van der Waals surface area contributed by atoms with E-state index in [1.807, 2.05) is 12.1 Å². The van der Waals surface area contributed by atoms with E-state index in [1.54, 1.807) is 28.4 Å². The minimum atomic E-state index is -3.44. The fourth-order valence-electron chi connectivity index (χ4n) is 3.50. The third-order valence-corrected chi connectivity index (χ3v) is 7.13. The third kappa shape index (κ3) is 4.72. The number of para-hydroxylation sites is 2. The van der Waals surface area contributed by atoms with E-state index in [1.165, 1.54) is 4.31 Å². The molecule has 9 heteroatoms. The number of anilines is 1. The largest absolute Gasteiger partial charge is 0.495 e. The lowest BCUT2D eigenvalue weighted by atomic mass is 10.2. The van der Waals surface area contributed by atoms with Crippen molar-refractivity contribution < 1.29 is 17.9 Å². The van der Waals surface area contributed by atoms with Crippen molar-refractivity contribution in [3.63, 3.8) is 0 Å². The molecule has 0 atom stereocenters. The van der Waals surface area contributed by atoms with Gasteiger partial charge in [0.05, 0.1) is 12.8 Å². The molecule has 8 nitrogen and oxygen atoms in total. The topological polar surface area (TPSA) is 82.2 Å². The number of hydrogen-bond acceptors (Lipinski definition) is 4. The number of rotatable bonds is 4. The zero-order valence-corrected chi connectivity index (χ0v) is 16.6. The number of methoxy groups -OCH3 is 1. The molecule has 2 heterocycles. The van der Waals surface area contributed by atoms with E-state index < -0.39 is 10.2 Å². The van der Waals surface area contributed by atoms with Crippen LogP contribution in [0.3, 0.4) is 0 Å². The molecule has 150 valence electrons. The van der Waals surface area contributed by atoms with Crippen LogP contribution in [-0.4, -0.2) is 74.3 Å². The number of hydrogen-bond donors (Lipinski definition) is 1. The molecule has 1 aromatic carbocycles. The number of ether oxygens (including phenoxy) is 1. The molecule has 2 saturated heterocycles. The monoisotopic (exact) mass is 396 g/mol. The third-order valence-electron chi connectivity index (χ3n) is 5.09. The number of nitrogens with one attached hydrogen (secondary N) is 1. The van der Waals surface area contributed by atoms with E-state index in [0.29, 0.717) is 50.7 Å². The van der Waals surface area contributed by atoms with Crippen molar-refractivity contribution in [3.05, 3.63) is 24.3 Å². The van der Waals surface area contributed by atoms with Gasteiger partial charge >= 0.3 is 6.03 Å². The minimum Gasteiger partial charge on any atom is -0.495 e. The molecule has 2 amide bonds. The van der Waals surface area contributed by atoms with Gasteiger partial charge in [0.2, 0.25) is 0 Å². The Labute approximate surface area is 161 Å². The summed E-state index contributed by atoms with van der Waals surface area (Å²) in [5.74, 6) is 0.591. The summed E-state index contributed by atoms with van der Waals surface area (Å²) in [5.41, 5.74) is 0.601.